The fourth-order valence-corrected chi connectivity index (χ4v) is 1.70. The zero-order valence-electron chi connectivity index (χ0n) is 9.35. The molecule has 0 amide bonds. The van der Waals surface area contributed by atoms with Gasteiger partial charge in [0.15, 0.2) is 17.3 Å². The van der Waals surface area contributed by atoms with Crippen LogP contribution in [0.25, 0.3) is 11.4 Å². The maximum absolute atomic E-state index is 14.2. The Balaban J connectivity index is 2.07. The van der Waals surface area contributed by atoms with Crippen molar-refractivity contribution in [2.75, 3.05) is 13.2 Å². The molecular weight excluding hydrogens is 241 g/mol. The molecule has 2 heterocycles. The average molecular weight is 251 g/mol. The predicted octanol–water partition coefficient (Wildman–Crippen LogP) is 1.11. The minimum atomic E-state index is -0.559. The number of hydrogen-bond donors (Lipinski definition) is 1. The van der Waals surface area contributed by atoms with Gasteiger partial charge in [-0.1, -0.05) is 5.16 Å². The van der Waals surface area contributed by atoms with E-state index in [9.17, 15) is 4.39 Å². The summed E-state index contributed by atoms with van der Waals surface area (Å²) in [6.45, 7) is 0.832. The highest BCUT2D eigenvalue weighted by Crippen LogP contribution is 2.37. The van der Waals surface area contributed by atoms with Crippen LogP contribution >= 0.6 is 0 Å². The molecule has 94 valence electrons. The summed E-state index contributed by atoms with van der Waals surface area (Å²) in [5, 5.41) is 3.66. The minimum absolute atomic E-state index is 0.0813. The SMILES string of the molecule is NCc1nc(-c2ccc3c(c2F)OCCO3)no1. The number of halogens is 1. The molecule has 0 radical (unpaired) electrons. The largest absolute Gasteiger partial charge is 0.486 e. The third-order valence-electron chi connectivity index (χ3n) is 2.53. The summed E-state index contributed by atoms with van der Waals surface area (Å²) in [5.74, 6) is 0.295. The van der Waals surface area contributed by atoms with Crippen LogP contribution in [0.1, 0.15) is 5.89 Å². The molecule has 0 saturated carbocycles. The van der Waals surface area contributed by atoms with E-state index in [0.717, 1.165) is 0 Å². The number of fused-ring (bicyclic) bond motifs is 1. The van der Waals surface area contributed by atoms with E-state index in [-0.39, 0.29) is 29.6 Å². The van der Waals surface area contributed by atoms with E-state index in [0.29, 0.717) is 19.0 Å². The number of hydrogen-bond acceptors (Lipinski definition) is 6. The van der Waals surface area contributed by atoms with Gasteiger partial charge in [-0.25, -0.2) is 4.39 Å². The number of rotatable bonds is 2. The standard InChI is InChI=1S/C11H10FN3O3/c12-9-6(11-14-8(5-13)18-15-11)1-2-7-10(9)17-4-3-16-7/h1-2H,3-5,13H2. The zero-order chi connectivity index (χ0) is 12.5. The summed E-state index contributed by atoms with van der Waals surface area (Å²) >= 11 is 0. The second-order valence-corrected chi connectivity index (χ2v) is 3.67. The number of nitrogens with zero attached hydrogens (tertiary/aromatic N) is 2. The smallest absolute Gasteiger partial charge is 0.240 e. The van der Waals surface area contributed by atoms with Crippen LogP contribution in [0.2, 0.25) is 0 Å². The van der Waals surface area contributed by atoms with Gasteiger partial charge in [0, 0.05) is 0 Å². The van der Waals surface area contributed by atoms with Crippen LogP contribution in [0.3, 0.4) is 0 Å². The Hall–Kier alpha value is -2.15. The summed E-state index contributed by atoms with van der Waals surface area (Å²) in [6, 6.07) is 3.14. The molecule has 3 rings (SSSR count). The molecule has 1 aliphatic rings. The fourth-order valence-electron chi connectivity index (χ4n) is 1.70. The van der Waals surface area contributed by atoms with Gasteiger partial charge >= 0.3 is 0 Å². The Labute approximate surface area is 101 Å². The van der Waals surface area contributed by atoms with Gasteiger partial charge < -0.3 is 19.7 Å². The summed E-state index contributed by atoms with van der Waals surface area (Å²) in [7, 11) is 0. The van der Waals surface area contributed by atoms with Gasteiger partial charge in [0.05, 0.1) is 12.1 Å². The van der Waals surface area contributed by atoms with Crippen molar-refractivity contribution >= 4 is 0 Å². The van der Waals surface area contributed by atoms with E-state index in [1.807, 2.05) is 0 Å². The minimum Gasteiger partial charge on any atom is -0.486 e. The molecule has 2 N–H and O–H groups in total. The first-order valence-electron chi connectivity index (χ1n) is 5.40. The number of ether oxygens (including phenoxy) is 2. The maximum atomic E-state index is 14.2. The molecule has 0 bridgehead atoms. The van der Waals surface area contributed by atoms with Crippen molar-refractivity contribution in [2.45, 2.75) is 6.54 Å². The molecule has 1 aliphatic heterocycles. The van der Waals surface area contributed by atoms with Crippen LogP contribution in [-0.4, -0.2) is 23.4 Å². The van der Waals surface area contributed by atoms with Crippen LogP contribution in [0.15, 0.2) is 16.7 Å². The van der Waals surface area contributed by atoms with Crippen molar-refractivity contribution in [2.24, 2.45) is 5.73 Å². The first kappa shape index (κ1) is 11.0. The number of nitrogens with two attached hydrogens (primary N) is 1. The van der Waals surface area contributed by atoms with Crippen molar-refractivity contribution in [3.63, 3.8) is 0 Å². The molecule has 7 heteroatoms. The lowest BCUT2D eigenvalue weighted by Crippen LogP contribution is -2.16. The maximum Gasteiger partial charge on any atom is 0.240 e. The lowest BCUT2D eigenvalue weighted by atomic mass is 10.1. The second-order valence-electron chi connectivity index (χ2n) is 3.67. The van der Waals surface area contributed by atoms with Crippen LogP contribution in [-0.2, 0) is 6.54 Å². The highest BCUT2D eigenvalue weighted by atomic mass is 19.1. The zero-order valence-corrected chi connectivity index (χ0v) is 9.35. The summed E-state index contributed by atoms with van der Waals surface area (Å²) in [4.78, 5) is 3.97. The lowest BCUT2D eigenvalue weighted by Gasteiger charge is -2.19. The Bertz CT molecular complexity index is 585. The van der Waals surface area contributed by atoms with Gasteiger partial charge in [0.25, 0.3) is 0 Å². The Morgan fingerprint density at radius 2 is 2.11 bits per heavy atom. The quantitative estimate of drug-likeness (QED) is 0.860. The van der Waals surface area contributed by atoms with E-state index < -0.39 is 5.82 Å². The first-order valence-corrected chi connectivity index (χ1v) is 5.40. The molecule has 2 aromatic rings. The molecule has 0 spiro atoms. The first-order chi connectivity index (χ1) is 8.79. The molecule has 1 aromatic carbocycles. The third kappa shape index (κ3) is 1.68. The van der Waals surface area contributed by atoms with Crippen LogP contribution in [0, 0.1) is 5.82 Å². The molecule has 0 fully saturated rings. The molecular formula is C11H10FN3O3. The van der Waals surface area contributed by atoms with Crippen LogP contribution in [0.5, 0.6) is 11.5 Å². The molecule has 6 nitrogen and oxygen atoms in total. The average Bonchev–Trinajstić information content (AvgIpc) is 2.88. The summed E-state index contributed by atoms with van der Waals surface area (Å²) in [5.41, 5.74) is 5.55. The Morgan fingerprint density at radius 3 is 2.89 bits per heavy atom. The van der Waals surface area contributed by atoms with Crippen molar-refractivity contribution in [3.05, 3.63) is 23.8 Å². The van der Waals surface area contributed by atoms with Gasteiger partial charge in [-0.15, -0.1) is 0 Å². The van der Waals surface area contributed by atoms with Gasteiger partial charge in [-0.3, -0.25) is 0 Å². The fraction of sp³-hybridized carbons (Fsp3) is 0.273. The number of benzene rings is 1. The van der Waals surface area contributed by atoms with Gasteiger partial charge in [0.1, 0.15) is 13.2 Å². The van der Waals surface area contributed by atoms with E-state index in [2.05, 4.69) is 10.1 Å². The van der Waals surface area contributed by atoms with Crippen molar-refractivity contribution in [3.8, 4) is 22.9 Å². The summed E-state index contributed by atoms with van der Waals surface area (Å²) < 4.78 is 29.5. The van der Waals surface area contributed by atoms with Crippen molar-refractivity contribution in [1.82, 2.24) is 10.1 Å². The summed E-state index contributed by atoms with van der Waals surface area (Å²) in [6.07, 6.45) is 0. The Kier molecular flexibility index (Phi) is 2.60. The molecule has 0 saturated heterocycles. The number of aromatic nitrogens is 2. The van der Waals surface area contributed by atoms with Crippen LogP contribution < -0.4 is 15.2 Å². The highest BCUT2D eigenvalue weighted by molar-refractivity contribution is 5.62. The normalized spacial score (nSPS) is 13.7. The third-order valence-corrected chi connectivity index (χ3v) is 2.53. The monoisotopic (exact) mass is 251 g/mol. The van der Waals surface area contributed by atoms with E-state index in [1.54, 1.807) is 6.07 Å². The van der Waals surface area contributed by atoms with Crippen molar-refractivity contribution < 1.29 is 18.4 Å². The van der Waals surface area contributed by atoms with Gasteiger partial charge in [-0.2, -0.15) is 4.98 Å². The molecule has 0 atom stereocenters. The van der Waals surface area contributed by atoms with E-state index in [1.165, 1.54) is 6.07 Å². The molecule has 1 aromatic heterocycles. The molecule has 0 aliphatic carbocycles. The highest BCUT2D eigenvalue weighted by Gasteiger charge is 2.22. The topological polar surface area (TPSA) is 83.4 Å². The van der Waals surface area contributed by atoms with E-state index in [4.69, 9.17) is 19.7 Å². The predicted molar refractivity (Wildman–Crippen MR) is 58.6 cm³/mol. The van der Waals surface area contributed by atoms with Gasteiger partial charge in [-0.05, 0) is 12.1 Å². The lowest BCUT2D eigenvalue weighted by molar-refractivity contribution is 0.164. The van der Waals surface area contributed by atoms with Crippen LogP contribution in [0.4, 0.5) is 4.39 Å². The Morgan fingerprint density at radius 1 is 1.28 bits per heavy atom. The van der Waals surface area contributed by atoms with Crippen molar-refractivity contribution in [1.29, 1.82) is 0 Å². The molecule has 0 unspecified atom stereocenters. The second kappa shape index (κ2) is 4.26. The van der Waals surface area contributed by atoms with E-state index >= 15 is 0 Å². The van der Waals surface area contributed by atoms with Gasteiger partial charge in [0.2, 0.25) is 11.7 Å². The molecule has 18 heavy (non-hydrogen) atoms.